The van der Waals surface area contributed by atoms with E-state index < -0.39 is 0 Å². The zero-order chi connectivity index (χ0) is 12.4. The minimum atomic E-state index is 0.739. The number of anilines is 1. The molecule has 5 heteroatoms. The van der Waals surface area contributed by atoms with E-state index in [2.05, 4.69) is 25.9 Å². The molecule has 0 saturated carbocycles. The second-order valence-electron chi connectivity index (χ2n) is 4.01. The highest BCUT2D eigenvalue weighted by molar-refractivity contribution is 7.16. The molecular weight excluding hydrogens is 244 g/mol. The van der Waals surface area contributed by atoms with Crippen LogP contribution in [0.25, 0.3) is 10.2 Å². The van der Waals surface area contributed by atoms with Crippen molar-refractivity contribution in [2.24, 2.45) is 0 Å². The highest BCUT2D eigenvalue weighted by Gasteiger charge is 2.09. The van der Waals surface area contributed by atoms with Crippen LogP contribution in [0.4, 0.5) is 5.82 Å². The summed E-state index contributed by atoms with van der Waals surface area (Å²) in [7, 11) is 2.02. The first kappa shape index (κ1) is 11.1. The average molecular weight is 256 g/mol. The molecule has 0 aliphatic rings. The fourth-order valence-electron chi connectivity index (χ4n) is 1.89. The maximum atomic E-state index is 4.37. The second kappa shape index (κ2) is 4.70. The van der Waals surface area contributed by atoms with Crippen LogP contribution in [-0.4, -0.2) is 22.0 Å². The van der Waals surface area contributed by atoms with Crippen LogP contribution in [-0.2, 0) is 6.54 Å². The molecule has 0 unspecified atom stereocenters. The number of fused-ring (bicyclic) bond motifs is 1. The number of thiophene rings is 1. The fourth-order valence-corrected chi connectivity index (χ4v) is 2.62. The molecule has 0 amide bonds. The van der Waals surface area contributed by atoms with Gasteiger partial charge < -0.3 is 4.90 Å². The molecule has 0 aliphatic heterocycles. The van der Waals surface area contributed by atoms with E-state index in [1.54, 1.807) is 17.7 Å². The van der Waals surface area contributed by atoms with E-state index in [4.69, 9.17) is 0 Å². The minimum Gasteiger partial charge on any atom is -0.353 e. The summed E-state index contributed by atoms with van der Waals surface area (Å²) in [5, 5.41) is 3.14. The van der Waals surface area contributed by atoms with Crippen LogP contribution in [0.3, 0.4) is 0 Å². The van der Waals surface area contributed by atoms with Gasteiger partial charge in [0.2, 0.25) is 0 Å². The van der Waals surface area contributed by atoms with Gasteiger partial charge in [-0.3, -0.25) is 4.98 Å². The van der Waals surface area contributed by atoms with E-state index >= 15 is 0 Å². The maximum absolute atomic E-state index is 4.37. The summed E-state index contributed by atoms with van der Waals surface area (Å²) >= 11 is 1.63. The van der Waals surface area contributed by atoms with Crippen LogP contribution in [0.15, 0.2) is 42.2 Å². The van der Waals surface area contributed by atoms with Crippen molar-refractivity contribution in [1.82, 2.24) is 15.0 Å². The summed E-state index contributed by atoms with van der Waals surface area (Å²) in [6, 6.07) is 7.99. The van der Waals surface area contributed by atoms with Gasteiger partial charge in [-0.25, -0.2) is 9.97 Å². The van der Waals surface area contributed by atoms with E-state index in [1.807, 2.05) is 36.8 Å². The van der Waals surface area contributed by atoms with Gasteiger partial charge in [0.1, 0.15) is 17.0 Å². The molecule has 90 valence electrons. The summed E-state index contributed by atoms with van der Waals surface area (Å²) in [5.41, 5.74) is 1.03. The standard InChI is InChI=1S/C13H12N4S/c1-17(8-10-4-2-3-6-14-10)12-11-5-7-18-13(11)16-9-15-12/h2-7,9H,8H2,1H3. The van der Waals surface area contributed by atoms with E-state index in [-0.39, 0.29) is 0 Å². The van der Waals surface area contributed by atoms with Gasteiger partial charge in [0, 0.05) is 13.2 Å². The molecule has 3 aromatic rings. The van der Waals surface area contributed by atoms with Crippen molar-refractivity contribution < 1.29 is 0 Å². The Hall–Kier alpha value is -2.01. The summed E-state index contributed by atoms with van der Waals surface area (Å²) < 4.78 is 0. The third kappa shape index (κ3) is 2.04. The Kier molecular flexibility index (Phi) is 2.90. The van der Waals surface area contributed by atoms with Gasteiger partial charge in [-0.15, -0.1) is 11.3 Å². The first-order chi connectivity index (χ1) is 8.84. The van der Waals surface area contributed by atoms with Crippen LogP contribution in [0.1, 0.15) is 5.69 Å². The first-order valence-corrected chi connectivity index (χ1v) is 6.52. The largest absolute Gasteiger partial charge is 0.353 e. The quantitative estimate of drug-likeness (QED) is 0.722. The molecule has 0 aromatic carbocycles. The lowest BCUT2D eigenvalue weighted by molar-refractivity contribution is 0.868. The normalized spacial score (nSPS) is 10.7. The molecule has 0 spiro atoms. The van der Waals surface area contributed by atoms with Gasteiger partial charge in [-0.2, -0.15) is 0 Å². The predicted molar refractivity (Wildman–Crippen MR) is 73.8 cm³/mol. The first-order valence-electron chi connectivity index (χ1n) is 5.64. The molecule has 0 atom stereocenters. The highest BCUT2D eigenvalue weighted by Crippen LogP contribution is 2.26. The van der Waals surface area contributed by atoms with Crippen LogP contribution >= 0.6 is 11.3 Å². The minimum absolute atomic E-state index is 0.739. The van der Waals surface area contributed by atoms with Crippen molar-refractivity contribution in [3.63, 3.8) is 0 Å². The molecule has 0 N–H and O–H groups in total. The van der Waals surface area contributed by atoms with Crippen molar-refractivity contribution in [2.75, 3.05) is 11.9 Å². The number of hydrogen-bond donors (Lipinski definition) is 0. The zero-order valence-electron chi connectivity index (χ0n) is 9.95. The summed E-state index contributed by atoms with van der Waals surface area (Å²) in [6.45, 7) is 0.739. The zero-order valence-corrected chi connectivity index (χ0v) is 10.8. The van der Waals surface area contributed by atoms with Crippen LogP contribution < -0.4 is 4.90 Å². The van der Waals surface area contributed by atoms with Crippen molar-refractivity contribution in [3.05, 3.63) is 47.9 Å². The van der Waals surface area contributed by atoms with Crippen LogP contribution in [0.5, 0.6) is 0 Å². The van der Waals surface area contributed by atoms with Gasteiger partial charge in [0.15, 0.2) is 0 Å². The molecule has 0 saturated heterocycles. The van der Waals surface area contributed by atoms with Gasteiger partial charge in [-0.1, -0.05) is 6.07 Å². The number of aromatic nitrogens is 3. The molecule has 0 radical (unpaired) electrons. The molecule has 3 heterocycles. The molecule has 3 aromatic heterocycles. The second-order valence-corrected chi connectivity index (χ2v) is 4.91. The Bertz CT molecular complexity index is 650. The van der Waals surface area contributed by atoms with E-state index in [1.165, 1.54) is 0 Å². The third-order valence-corrected chi connectivity index (χ3v) is 3.55. The highest BCUT2D eigenvalue weighted by atomic mass is 32.1. The molecule has 18 heavy (non-hydrogen) atoms. The van der Waals surface area contributed by atoms with Crippen molar-refractivity contribution in [1.29, 1.82) is 0 Å². The predicted octanol–water partition coefficient (Wildman–Crippen LogP) is 2.72. The summed E-state index contributed by atoms with van der Waals surface area (Å²) in [4.78, 5) is 16.1. The Morgan fingerprint density at radius 2 is 2.11 bits per heavy atom. The smallest absolute Gasteiger partial charge is 0.140 e. The number of nitrogens with zero attached hydrogens (tertiary/aromatic N) is 4. The van der Waals surface area contributed by atoms with Crippen molar-refractivity contribution in [2.45, 2.75) is 6.54 Å². The molecule has 0 bridgehead atoms. The third-order valence-electron chi connectivity index (χ3n) is 2.73. The monoisotopic (exact) mass is 256 g/mol. The Morgan fingerprint density at radius 3 is 2.94 bits per heavy atom. The van der Waals surface area contributed by atoms with Crippen LogP contribution in [0.2, 0.25) is 0 Å². The van der Waals surface area contributed by atoms with Gasteiger partial charge >= 0.3 is 0 Å². The van der Waals surface area contributed by atoms with Crippen molar-refractivity contribution in [3.8, 4) is 0 Å². The maximum Gasteiger partial charge on any atom is 0.140 e. The average Bonchev–Trinajstić information content (AvgIpc) is 2.87. The lowest BCUT2D eigenvalue weighted by atomic mass is 10.3. The number of pyridine rings is 1. The Morgan fingerprint density at radius 1 is 1.17 bits per heavy atom. The number of hydrogen-bond acceptors (Lipinski definition) is 5. The van der Waals surface area contributed by atoms with Crippen LogP contribution in [0, 0.1) is 0 Å². The lowest BCUT2D eigenvalue weighted by Gasteiger charge is -2.18. The molecule has 4 nitrogen and oxygen atoms in total. The Balaban J connectivity index is 1.92. The van der Waals surface area contributed by atoms with Gasteiger partial charge in [0.05, 0.1) is 17.6 Å². The molecule has 3 rings (SSSR count). The van der Waals surface area contributed by atoms with E-state index in [0.29, 0.717) is 0 Å². The van der Waals surface area contributed by atoms with Crippen molar-refractivity contribution >= 4 is 27.4 Å². The Labute approximate surface area is 109 Å². The molecule has 0 aliphatic carbocycles. The van der Waals surface area contributed by atoms with E-state index in [0.717, 1.165) is 28.3 Å². The van der Waals surface area contributed by atoms with E-state index in [9.17, 15) is 0 Å². The fraction of sp³-hybridized carbons (Fsp3) is 0.154. The lowest BCUT2D eigenvalue weighted by Crippen LogP contribution is -2.18. The topological polar surface area (TPSA) is 41.9 Å². The SMILES string of the molecule is CN(Cc1ccccn1)c1ncnc2sccc12. The molecule has 0 fully saturated rings. The summed E-state index contributed by atoms with van der Waals surface area (Å²) in [5.74, 6) is 0.951. The number of rotatable bonds is 3. The van der Waals surface area contributed by atoms with Gasteiger partial charge in [0.25, 0.3) is 0 Å². The molecular formula is C13H12N4S. The van der Waals surface area contributed by atoms with Gasteiger partial charge in [-0.05, 0) is 23.6 Å². The summed E-state index contributed by atoms with van der Waals surface area (Å²) in [6.07, 6.45) is 3.42.